The minimum atomic E-state index is -3.51. The van der Waals surface area contributed by atoms with Crippen LogP contribution in [0.15, 0.2) is 47.6 Å². The van der Waals surface area contributed by atoms with Gasteiger partial charge in [-0.3, -0.25) is 4.98 Å². The van der Waals surface area contributed by atoms with Crippen LogP contribution in [0.1, 0.15) is 18.4 Å². The Bertz CT molecular complexity index is 898. The lowest BCUT2D eigenvalue weighted by Gasteiger charge is -2.18. The average Bonchev–Trinajstić information content (AvgIpc) is 3.23. The predicted octanol–water partition coefficient (Wildman–Crippen LogP) is 2.36. The maximum atomic E-state index is 12.8. The molecule has 1 aromatic heterocycles. The summed E-state index contributed by atoms with van der Waals surface area (Å²) in [6.45, 7) is 1.62. The Labute approximate surface area is 164 Å². The molecular formula is C18H22N4O3S2. The Kier molecular flexibility index (Phi) is 6.25. The minimum absolute atomic E-state index is 0.225. The SMILES string of the molecule is COc1ccc(S(=O)(=O)N2CCCC2)cc1NC(=S)NCc1cccnc1. The highest BCUT2D eigenvalue weighted by molar-refractivity contribution is 7.89. The molecule has 27 heavy (non-hydrogen) atoms. The highest BCUT2D eigenvalue weighted by Gasteiger charge is 2.27. The summed E-state index contributed by atoms with van der Waals surface area (Å²) in [4.78, 5) is 4.28. The van der Waals surface area contributed by atoms with Crippen LogP contribution in [0.4, 0.5) is 5.69 Å². The zero-order valence-corrected chi connectivity index (χ0v) is 16.6. The van der Waals surface area contributed by atoms with Gasteiger partial charge in [0.1, 0.15) is 5.75 Å². The molecule has 0 saturated carbocycles. The van der Waals surface area contributed by atoms with Crippen LogP contribution in [0.3, 0.4) is 0 Å². The van der Waals surface area contributed by atoms with Gasteiger partial charge in [0.15, 0.2) is 5.11 Å². The first-order chi connectivity index (χ1) is 13.0. The van der Waals surface area contributed by atoms with Crippen LogP contribution < -0.4 is 15.4 Å². The highest BCUT2D eigenvalue weighted by Crippen LogP contribution is 2.30. The van der Waals surface area contributed by atoms with Gasteiger partial charge < -0.3 is 15.4 Å². The molecule has 2 N–H and O–H groups in total. The van der Waals surface area contributed by atoms with Gasteiger partial charge in [0.2, 0.25) is 10.0 Å². The molecule has 1 saturated heterocycles. The third-order valence-corrected chi connectivity index (χ3v) is 6.44. The first kappa shape index (κ1) is 19.5. The summed E-state index contributed by atoms with van der Waals surface area (Å²) in [5, 5.41) is 6.47. The molecule has 7 nitrogen and oxygen atoms in total. The monoisotopic (exact) mass is 406 g/mol. The number of aromatic nitrogens is 1. The van der Waals surface area contributed by atoms with Crippen molar-refractivity contribution in [1.29, 1.82) is 0 Å². The fourth-order valence-corrected chi connectivity index (χ4v) is 4.60. The van der Waals surface area contributed by atoms with E-state index in [2.05, 4.69) is 15.6 Å². The van der Waals surface area contributed by atoms with E-state index in [0.29, 0.717) is 36.2 Å². The summed E-state index contributed by atoms with van der Waals surface area (Å²) in [6.07, 6.45) is 5.24. The summed E-state index contributed by atoms with van der Waals surface area (Å²) >= 11 is 5.33. The van der Waals surface area contributed by atoms with E-state index in [9.17, 15) is 8.42 Å². The molecule has 1 aliphatic heterocycles. The van der Waals surface area contributed by atoms with Crippen molar-refractivity contribution in [2.45, 2.75) is 24.3 Å². The summed E-state index contributed by atoms with van der Waals surface area (Å²) < 4.78 is 32.4. The fourth-order valence-electron chi connectivity index (χ4n) is 2.87. The molecule has 0 aliphatic carbocycles. The molecule has 2 aromatic rings. The van der Waals surface area contributed by atoms with Crippen LogP contribution in [0.2, 0.25) is 0 Å². The van der Waals surface area contributed by atoms with Gasteiger partial charge >= 0.3 is 0 Å². The van der Waals surface area contributed by atoms with Gasteiger partial charge in [-0.2, -0.15) is 4.31 Å². The number of pyridine rings is 1. The van der Waals surface area contributed by atoms with Crippen LogP contribution in [0.25, 0.3) is 0 Å². The topological polar surface area (TPSA) is 83.6 Å². The normalized spacial score (nSPS) is 14.7. The Hall–Kier alpha value is -2.23. The van der Waals surface area contributed by atoms with Crippen molar-refractivity contribution in [2.75, 3.05) is 25.5 Å². The molecule has 9 heteroatoms. The number of nitrogens with zero attached hydrogens (tertiary/aromatic N) is 2. The van der Waals surface area contributed by atoms with Crippen molar-refractivity contribution in [3.63, 3.8) is 0 Å². The Morgan fingerprint density at radius 1 is 1.30 bits per heavy atom. The van der Waals surface area contributed by atoms with Crippen molar-refractivity contribution in [3.05, 3.63) is 48.3 Å². The fraction of sp³-hybridized carbons (Fsp3) is 0.333. The lowest BCUT2D eigenvalue weighted by molar-refractivity contribution is 0.416. The second-order valence-corrected chi connectivity index (χ2v) is 8.49. The molecule has 1 fully saturated rings. The van der Waals surface area contributed by atoms with Crippen LogP contribution in [-0.4, -0.2) is 43.0 Å². The van der Waals surface area contributed by atoms with Gasteiger partial charge in [-0.25, -0.2) is 8.42 Å². The summed E-state index contributed by atoms with van der Waals surface area (Å²) in [6, 6.07) is 8.54. The molecule has 3 rings (SSSR count). The third kappa shape index (κ3) is 4.74. The van der Waals surface area contributed by atoms with Crippen LogP contribution in [-0.2, 0) is 16.6 Å². The van der Waals surface area contributed by atoms with Crippen molar-refractivity contribution in [3.8, 4) is 5.75 Å². The minimum Gasteiger partial charge on any atom is -0.495 e. The number of hydrogen-bond acceptors (Lipinski definition) is 5. The van der Waals surface area contributed by atoms with E-state index in [1.807, 2.05) is 12.1 Å². The zero-order chi connectivity index (χ0) is 19.3. The second-order valence-electron chi connectivity index (χ2n) is 6.14. The lowest BCUT2D eigenvalue weighted by Crippen LogP contribution is -2.29. The van der Waals surface area contributed by atoms with Gasteiger partial charge in [-0.05, 0) is 54.9 Å². The molecule has 2 heterocycles. The van der Waals surface area contributed by atoms with Gasteiger partial charge in [-0.1, -0.05) is 6.07 Å². The number of rotatable bonds is 6. The predicted molar refractivity (Wildman–Crippen MR) is 108 cm³/mol. The quantitative estimate of drug-likeness (QED) is 0.713. The van der Waals surface area contributed by atoms with E-state index in [0.717, 1.165) is 18.4 Å². The number of nitrogens with one attached hydrogen (secondary N) is 2. The van der Waals surface area contributed by atoms with Gasteiger partial charge in [0.05, 0.1) is 17.7 Å². The second kappa shape index (κ2) is 8.64. The maximum absolute atomic E-state index is 12.8. The molecule has 0 atom stereocenters. The Balaban J connectivity index is 1.74. The number of sulfonamides is 1. The van der Waals surface area contributed by atoms with Crippen molar-refractivity contribution >= 4 is 33.0 Å². The van der Waals surface area contributed by atoms with E-state index in [4.69, 9.17) is 17.0 Å². The van der Waals surface area contributed by atoms with E-state index >= 15 is 0 Å². The molecule has 144 valence electrons. The van der Waals surface area contributed by atoms with Crippen LogP contribution >= 0.6 is 12.2 Å². The highest BCUT2D eigenvalue weighted by atomic mass is 32.2. The molecular weight excluding hydrogens is 384 g/mol. The van der Waals surface area contributed by atoms with Crippen LogP contribution in [0.5, 0.6) is 5.75 Å². The van der Waals surface area contributed by atoms with E-state index in [-0.39, 0.29) is 4.90 Å². The Morgan fingerprint density at radius 2 is 2.07 bits per heavy atom. The standard InChI is InChI=1S/C18H22N4O3S2/c1-25-17-7-6-15(27(23,24)22-9-2-3-10-22)11-16(17)21-18(26)20-13-14-5-4-8-19-12-14/h4-8,11-12H,2-3,9-10,13H2,1H3,(H2,20,21,26). The molecule has 0 unspecified atom stereocenters. The van der Waals surface area contributed by atoms with E-state index < -0.39 is 10.0 Å². The lowest BCUT2D eigenvalue weighted by atomic mass is 10.3. The first-order valence-corrected chi connectivity index (χ1v) is 10.5. The Morgan fingerprint density at radius 3 is 2.74 bits per heavy atom. The van der Waals surface area contributed by atoms with Crippen LogP contribution in [0, 0.1) is 0 Å². The van der Waals surface area contributed by atoms with Gasteiger partial charge in [0.25, 0.3) is 0 Å². The summed E-state index contributed by atoms with van der Waals surface area (Å²) in [5.41, 5.74) is 1.49. The van der Waals surface area contributed by atoms with Crippen molar-refractivity contribution in [1.82, 2.24) is 14.6 Å². The number of hydrogen-bond donors (Lipinski definition) is 2. The number of anilines is 1. The molecule has 0 bridgehead atoms. The molecule has 1 aromatic carbocycles. The number of thiocarbonyl (C=S) groups is 1. The zero-order valence-electron chi connectivity index (χ0n) is 15.0. The van der Waals surface area contributed by atoms with Crippen molar-refractivity contribution in [2.24, 2.45) is 0 Å². The van der Waals surface area contributed by atoms with Gasteiger partial charge in [0, 0.05) is 32.0 Å². The van der Waals surface area contributed by atoms with Crippen molar-refractivity contribution < 1.29 is 13.2 Å². The number of benzene rings is 1. The molecule has 0 spiro atoms. The smallest absolute Gasteiger partial charge is 0.243 e. The largest absolute Gasteiger partial charge is 0.495 e. The third-order valence-electron chi connectivity index (χ3n) is 4.30. The van der Waals surface area contributed by atoms with Gasteiger partial charge in [-0.15, -0.1) is 0 Å². The molecule has 0 radical (unpaired) electrons. The number of methoxy groups -OCH3 is 1. The molecule has 0 amide bonds. The number of ether oxygens (including phenoxy) is 1. The van der Waals surface area contributed by atoms with E-state index in [1.165, 1.54) is 11.4 Å². The summed E-state index contributed by atoms with van der Waals surface area (Å²) in [5.74, 6) is 0.515. The summed E-state index contributed by atoms with van der Waals surface area (Å²) in [7, 11) is -1.98. The first-order valence-electron chi connectivity index (χ1n) is 8.62. The van der Waals surface area contributed by atoms with E-state index in [1.54, 1.807) is 30.6 Å². The molecule has 1 aliphatic rings. The maximum Gasteiger partial charge on any atom is 0.243 e. The average molecular weight is 407 g/mol.